The summed E-state index contributed by atoms with van der Waals surface area (Å²) in [6.07, 6.45) is 1.40. The fourth-order valence-corrected chi connectivity index (χ4v) is 1.45. The Hall–Kier alpha value is -0.750. The van der Waals surface area contributed by atoms with Crippen LogP contribution in [0.25, 0.3) is 0 Å². The number of halogens is 1. The van der Waals surface area contributed by atoms with Gasteiger partial charge in [0.1, 0.15) is 0 Å². The summed E-state index contributed by atoms with van der Waals surface area (Å²) in [5, 5.41) is 0.610. The van der Waals surface area contributed by atoms with Crippen LogP contribution in [0.3, 0.4) is 0 Å². The topological polar surface area (TPSA) is 59.9 Å². The van der Waals surface area contributed by atoms with E-state index < -0.39 is 9.84 Å². The van der Waals surface area contributed by atoms with Crippen LogP contribution >= 0.6 is 15.9 Å². The zero-order chi connectivity index (χ0) is 10.1. The van der Waals surface area contributed by atoms with E-state index in [1.807, 2.05) is 0 Å². The number of hydrogen-bond donors (Lipinski definition) is 0. The van der Waals surface area contributed by atoms with Gasteiger partial charge in [0.2, 0.25) is 9.84 Å². The molecule has 0 saturated heterocycles. The van der Waals surface area contributed by atoms with E-state index in [2.05, 4.69) is 32.5 Å². The molecule has 0 unspecified atom stereocenters. The van der Waals surface area contributed by atoms with E-state index in [0.717, 1.165) is 5.41 Å². The molecule has 1 heterocycles. The molecule has 1 aromatic rings. The first kappa shape index (κ1) is 10.3. The Morgan fingerprint density at radius 3 is 2.69 bits per heavy atom. The molecule has 0 spiro atoms. The molecular weight excluding hydrogens is 256 g/mol. The predicted molar refractivity (Wildman–Crippen MR) is 51.9 cm³/mol. The third-order valence-corrected chi connectivity index (χ3v) is 3.29. The van der Waals surface area contributed by atoms with Crippen molar-refractivity contribution >= 4 is 25.8 Å². The lowest BCUT2D eigenvalue weighted by molar-refractivity contribution is 0.595. The van der Waals surface area contributed by atoms with Crippen molar-refractivity contribution in [3.8, 4) is 0 Å². The quantitative estimate of drug-likeness (QED) is 0.758. The molecule has 1 rings (SSSR count). The molecule has 0 N–H and O–H groups in total. The highest BCUT2D eigenvalue weighted by molar-refractivity contribution is 9.10. The van der Waals surface area contributed by atoms with Crippen molar-refractivity contribution < 1.29 is 8.42 Å². The highest BCUT2D eigenvalue weighted by atomic mass is 79.9. The maximum Gasteiger partial charge on any atom is 0.251 e. The van der Waals surface area contributed by atoms with Gasteiger partial charge in [-0.15, -0.1) is 0 Å². The van der Waals surface area contributed by atoms with Crippen LogP contribution in [-0.2, 0) is 9.84 Å². The molecule has 0 aliphatic carbocycles. The molecule has 4 nitrogen and oxygen atoms in total. The summed E-state index contributed by atoms with van der Waals surface area (Å²) in [5.74, 6) is 0. The molecular formula is C7H7BrN2O2S. The molecule has 0 aliphatic heterocycles. The fraction of sp³-hybridized carbons (Fsp3) is 0.143. The average molecular weight is 263 g/mol. The molecule has 0 amide bonds. The SMILES string of the molecule is C=CS(=O)(=O)c1ncc(Br)c(C)n1. The van der Waals surface area contributed by atoms with Crippen molar-refractivity contribution in [2.45, 2.75) is 12.1 Å². The minimum atomic E-state index is -3.52. The largest absolute Gasteiger partial charge is 0.251 e. The summed E-state index contributed by atoms with van der Waals surface area (Å²) < 4.78 is 23.1. The smallest absolute Gasteiger partial charge is 0.225 e. The van der Waals surface area contributed by atoms with Gasteiger partial charge in [-0.25, -0.2) is 18.4 Å². The summed E-state index contributed by atoms with van der Waals surface area (Å²) >= 11 is 3.17. The second kappa shape index (κ2) is 3.55. The number of sulfone groups is 1. The summed E-state index contributed by atoms with van der Waals surface area (Å²) in [6, 6.07) is 0. The van der Waals surface area contributed by atoms with Crippen LogP contribution in [0.1, 0.15) is 5.69 Å². The molecule has 0 aliphatic rings. The number of nitrogens with zero attached hydrogens (tertiary/aromatic N) is 2. The summed E-state index contributed by atoms with van der Waals surface area (Å²) in [5.41, 5.74) is 0.579. The third-order valence-electron chi connectivity index (χ3n) is 1.37. The first-order chi connectivity index (χ1) is 5.97. The first-order valence-electron chi connectivity index (χ1n) is 3.34. The van der Waals surface area contributed by atoms with Crippen molar-refractivity contribution in [1.29, 1.82) is 0 Å². The van der Waals surface area contributed by atoms with Crippen LogP contribution in [0, 0.1) is 6.92 Å². The van der Waals surface area contributed by atoms with Crippen LogP contribution in [0.15, 0.2) is 27.8 Å². The van der Waals surface area contributed by atoms with Crippen LogP contribution in [0.5, 0.6) is 0 Å². The average Bonchev–Trinajstić information content (AvgIpc) is 2.09. The first-order valence-corrected chi connectivity index (χ1v) is 5.68. The molecule has 6 heteroatoms. The maximum absolute atomic E-state index is 11.2. The van der Waals surface area contributed by atoms with Crippen molar-refractivity contribution in [1.82, 2.24) is 9.97 Å². The van der Waals surface area contributed by atoms with Crippen molar-refractivity contribution in [2.75, 3.05) is 0 Å². The van der Waals surface area contributed by atoms with E-state index in [1.165, 1.54) is 6.20 Å². The zero-order valence-electron chi connectivity index (χ0n) is 6.86. The number of aromatic nitrogens is 2. The van der Waals surface area contributed by atoms with E-state index in [9.17, 15) is 8.42 Å². The van der Waals surface area contributed by atoms with Gasteiger partial charge in [-0.05, 0) is 22.9 Å². The molecule has 70 valence electrons. The van der Waals surface area contributed by atoms with E-state index >= 15 is 0 Å². The normalized spacial score (nSPS) is 11.2. The molecule has 0 aromatic carbocycles. The van der Waals surface area contributed by atoms with Gasteiger partial charge in [0.25, 0.3) is 5.16 Å². The van der Waals surface area contributed by atoms with Gasteiger partial charge in [-0.2, -0.15) is 0 Å². The molecule has 13 heavy (non-hydrogen) atoms. The Labute approximate surface area is 84.8 Å². The van der Waals surface area contributed by atoms with Gasteiger partial charge < -0.3 is 0 Å². The maximum atomic E-state index is 11.2. The minimum absolute atomic E-state index is 0.219. The van der Waals surface area contributed by atoms with E-state index in [1.54, 1.807) is 6.92 Å². The van der Waals surface area contributed by atoms with Crippen LogP contribution in [0.2, 0.25) is 0 Å². The van der Waals surface area contributed by atoms with Gasteiger partial charge in [0.15, 0.2) is 0 Å². The van der Waals surface area contributed by atoms with Gasteiger partial charge in [-0.3, -0.25) is 0 Å². The fourth-order valence-electron chi connectivity index (χ4n) is 0.643. The molecule has 0 radical (unpaired) electrons. The Kier molecular flexibility index (Phi) is 2.82. The number of hydrogen-bond acceptors (Lipinski definition) is 4. The Bertz CT molecular complexity index is 442. The summed E-state index contributed by atoms with van der Waals surface area (Å²) in [6.45, 7) is 4.87. The number of aryl methyl sites for hydroxylation is 1. The highest BCUT2D eigenvalue weighted by Gasteiger charge is 2.13. The lowest BCUT2D eigenvalue weighted by atomic mass is 10.5. The van der Waals surface area contributed by atoms with E-state index in [-0.39, 0.29) is 5.16 Å². The van der Waals surface area contributed by atoms with Gasteiger partial charge >= 0.3 is 0 Å². The van der Waals surface area contributed by atoms with Crippen molar-refractivity contribution in [3.05, 3.63) is 28.4 Å². The summed E-state index contributed by atoms with van der Waals surface area (Å²) in [4.78, 5) is 7.46. The lowest BCUT2D eigenvalue weighted by Gasteiger charge is -1.99. The van der Waals surface area contributed by atoms with Crippen molar-refractivity contribution in [2.24, 2.45) is 0 Å². The monoisotopic (exact) mass is 262 g/mol. The number of rotatable bonds is 2. The van der Waals surface area contributed by atoms with Crippen LogP contribution in [-0.4, -0.2) is 18.4 Å². The standard InChI is InChI=1S/C7H7BrN2O2S/c1-3-13(11,12)7-9-4-6(8)5(2)10-7/h3-4H,1H2,2H3. The molecule has 0 atom stereocenters. The van der Waals surface area contributed by atoms with Crippen molar-refractivity contribution in [3.63, 3.8) is 0 Å². The van der Waals surface area contributed by atoms with E-state index in [4.69, 9.17) is 0 Å². The molecule has 0 saturated carbocycles. The van der Waals surface area contributed by atoms with E-state index in [0.29, 0.717) is 10.2 Å². The highest BCUT2D eigenvalue weighted by Crippen LogP contribution is 2.14. The molecule has 0 bridgehead atoms. The third kappa shape index (κ3) is 2.13. The zero-order valence-corrected chi connectivity index (χ0v) is 9.26. The van der Waals surface area contributed by atoms with Gasteiger partial charge in [0.05, 0.1) is 10.2 Å². The summed E-state index contributed by atoms with van der Waals surface area (Å²) in [7, 11) is -3.52. The Morgan fingerprint density at radius 1 is 1.62 bits per heavy atom. The second-order valence-electron chi connectivity index (χ2n) is 2.30. The lowest BCUT2D eigenvalue weighted by Crippen LogP contribution is -2.03. The van der Waals surface area contributed by atoms with Crippen LogP contribution in [0.4, 0.5) is 0 Å². The Morgan fingerprint density at radius 2 is 2.23 bits per heavy atom. The molecule has 1 aromatic heterocycles. The van der Waals surface area contributed by atoms with Crippen LogP contribution < -0.4 is 0 Å². The molecule has 0 fully saturated rings. The van der Waals surface area contributed by atoms with Gasteiger partial charge in [-0.1, -0.05) is 6.58 Å². The van der Waals surface area contributed by atoms with Gasteiger partial charge in [0, 0.05) is 11.6 Å². The predicted octanol–water partition coefficient (Wildman–Crippen LogP) is 1.46. The minimum Gasteiger partial charge on any atom is -0.225 e. The Balaban J connectivity index is 3.35. The second-order valence-corrected chi connectivity index (χ2v) is 4.94.